The number of methoxy groups -OCH3 is 1. The van der Waals surface area contributed by atoms with Gasteiger partial charge in [0.1, 0.15) is 0 Å². The molecular formula is C21H26N2O4. The number of benzene rings is 2. The number of ether oxygens (including phenoxy) is 2. The Bertz CT molecular complexity index is 805. The molecule has 0 aliphatic rings. The Kier molecular flexibility index (Phi) is 7.37. The molecule has 1 amide bonds. The van der Waals surface area contributed by atoms with E-state index in [1.165, 1.54) is 0 Å². The second-order valence-electron chi connectivity index (χ2n) is 6.42. The summed E-state index contributed by atoms with van der Waals surface area (Å²) in [5.74, 6) is -0.925. The topological polar surface area (TPSA) is 76.7 Å². The maximum Gasteiger partial charge on any atom is 0.340 e. The summed E-state index contributed by atoms with van der Waals surface area (Å²) in [4.78, 5) is 24.3. The fourth-order valence-corrected chi connectivity index (χ4v) is 2.62. The summed E-state index contributed by atoms with van der Waals surface area (Å²) in [6.45, 7) is 5.91. The van der Waals surface area contributed by atoms with Gasteiger partial charge in [0.05, 0.1) is 17.9 Å². The SMILES string of the molecule is COC[C@H](C)NC(=O)COC(=O)c1ccccc1Nc1cccc(C)c1C. The first kappa shape index (κ1) is 20.5. The summed E-state index contributed by atoms with van der Waals surface area (Å²) in [5, 5.41) is 5.98. The van der Waals surface area contributed by atoms with Crippen LogP contribution in [0.2, 0.25) is 0 Å². The first-order chi connectivity index (χ1) is 12.9. The molecule has 1 atom stereocenters. The van der Waals surface area contributed by atoms with Gasteiger partial charge >= 0.3 is 5.97 Å². The van der Waals surface area contributed by atoms with Crippen molar-refractivity contribution in [2.75, 3.05) is 25.6 Å². The summed E-state index contributed by atoms with van der Waals surface area (Å²) in [5.41, 5.74) is 4.18. The van der Waals surface area contributed by atoms with Crippen molar-refractivity contribution in [3.05, 3.63) is 59.2 Å². The first-order valence-corrected chi connectivity index (χ1v) is 8.80. The molecule has 0 fully saturated rings. The fraction of sp³-hybridized carbons (Fsp3) is 0.333. The minimum Gasteiger partial charge on any atom is -0.452 e. The van der Waals surface area contributed by atoms with Gasteiger partial charge in [-0.05, 0) is 50.1 Å². The van der Waals surface area contributed by atoms with Gasteiger partial charge in [0.15, 0.2) is 6.61 Å². The second-order valence-corrected chi connectivity index (χ2v) is 6.42. The number of carbonyl (C=O) groups is 2. The van der Waals surface area contributed by atoms with Gasteiger partial charge in [0.2, 0.25) is 0 Å². The minimum absolute atomic E-state index is 0.153. The first-order valence-electron chi connectivity index (χ1n) is 8.80. The average molecular weight is 370 g/mol. The lowest BCUT2D eigenvalue weighted by Gasteiger charge is -2.15. The normalized spacial score (nSPS) is 11.6. The van der Waals surface area contributed by atoms with Crippen LogP contribution in [0.3, 0.4) is 0 Å². The predicted octanol–water partition coefficient (Wildman–Crippen LogP) is 3.35. The lowest BCUT2D eigenvalue weighted by Crippen LogP contribution is -2.38. The molecule has 27 heavy (non-hydrogen) atoms. The van der Waals surface area contributed by atoms with Crippen LogP contribution in [0.4, 0.5) is 11.4 Å². The lowest BCUT2D eigenvalue weighted by molar-refractivity contribution is -0.125. The number of carbonyl (C=O) groups excluding carboxylic acids is 2. The largest absolute Gasteiger partial charge is 0.452 e. The summed E-state index contributed by atoms with van der Waals surface area (Å²) in [7, 11) is 1.56. The summed E-state index contributed by atoms with van der Waals surface area (Å²) in [6.07, 6.45) is 0. The van der Waals surface area contributed by atoms with Crippen molar-refractivity contribution in [2.45, 2.75) is 26.8 Å². The van der Waals surface area contributed by atoms with Crippen LogP contribution < -0.4 is 10.6 Å². The molecule has 0 radical (unpaired) electrons. The molecule has 0 saturated carbocycles. The Balaban J connectivity index is 2.05. The van der Waals surface area contributed by atoms with Crippen molar-refractivity contribution in [3.8, 4) is 0 Å². The molecule has 2 aromatic carbocycles. The van der Waals surface area contributed by atoms with Crippen molar-refractivity contribution in [1.29, 1.82) is 0 Å². The van der Waals surface area contributed by atoms with E-state index in [0.717, 1.165) is 16.8 Å². The molecule has 144 valence electrons. The fourth-order valence-electron chi connectivity index (χ4n) is 2.62. The highest BCUT2D eigenvalue weighted by atomic mass is 16.5. The van der Waals surface area contributed by atoms with Gasteiger partial charge < -0.3 is 20.1 Å². The smallest absolute Gasteiger partial charge is 0.340 e. The number of aryl methyl sites for hydroxylation is 1. The molecule has 0 aliphatic carbocycles. The summed E-state index contributed by atoms with van der Waals surface area (Å²) < 4.78 is 10.1. The lowest BCUT2D eigenvalue weighted by atomic mass is 10.1. The summed E-state index contributed by atoms with van der Waals surface area (Å²) in [6, 6.07) is 12.9. The van der Waals surface area contributed by atoms with E-state index in [1.54, 1.807) is 25.3 Å². The van der Waals surface area contributed by atoms with Gasteiger partial charge in [0, 0.05) is 18.8 Å². The van der Waals surface area contributed by atoms with Crippen molar-refractivity contribution < 1.29 is 19.1 Å². The zero-order valence-corrected chi connectivity index (χ0v) is 16.2. The van der Waals surface area contributed by atoms with Gasteiger partial charge in [-0.3, -0.25) is 4.79 Å². The van der Waals surface area contributed by atoms with Crippen LogP contribution in [0.25, 0.3) is 0 Å². The van der Waals surface area contributed by atoms with E-state index in [4.69, 9.17) is 9.47 Å². The number of esters is 1. The molecule has 0 bridgehead atoms. The van der Waals surface area contributed by atoms with Crippen LogP contribution in [0, 0.1) is 13.8 Å². The quantitative estimate of drug-likeness (QED) is 0.697. The van der Waals surface area contributed by atoms with E-state index >= 15 is 0 Å². The van der Waals surface area contributed by atoms with E-state index in [9.17, 15) is 9.59 Å². The molecule has 0 aliphatic heterocycles. The van der Waals surface area contributed by atoms with Gasteiger partial charge in [-0.1, -0.05) is 24.3 Å². The van der Waals surface area contributed by atoms with Crippen molar-refractivity contribution >= 4 is 23.3 Å². The van der Waals surface area contributed by atoms with Gasteiger partial charge in [-0.2, -0.15) is 0 Å². The van der Waals surface area contributed by atoms with Crippen LogP contribution in [0.15, 0.2) is 42.5 Å². The molecule has 0 spiro atoms. The number of hydrogen-bond donors (Lipinski definition) is 2. The Morgan fingerprint density at radius 3 is 2.48 bits per heavy atom. The average Bonchev–Trinajstić information content (AvgIpc) is 2.64. The maximum absolute atomic E-state index is 12.5. The Labute approximate surface area is 159 Å². The molecular weight excluding hydrogens is 344 g/mol. The summed E-state index contributed by atoms with van der Waals surface area (Å²) >= 11 is 0. The predicted molar refractivity (Wildman–Crippen MR) is 105 cm³/mol. The van der Waals surface area contributed by atoms with E-state index in [-0.39, 0.29) is 18.6 Å². The van der Waals surface area contributed by atoms with Crippen LogP contribution >= 0.6 is 0 Å². The third-order valence-electron chi connectivity index (χ3n) is 4.18. The van der Waals surface area contributed by atoms with E-state index < -0.39 is 5.97 Å². The van der Waals surface area contributed by atoms with Crippen LogP contribution in [-0.4, -0.2) is 38.2 Å². The third kappa shape index (κ3) is 5.82. The number of anilines is 2. The maximum atomic E-state index is 12.5. The van der Waals surface area contributed by atoms with Gasteiger partial charge in [0.25, 0.3) is 5.91 Å². The second kappa shape index (κ2) is 9.73. The molecule has 6 heteroatoms. The number of hydrogen-bond acceptors (Lipinski definition) is 5. The van der Waals surface area contributed by atoms with Crippen molar-refractivity contribution in [1.82, 2.24) is 5.32 Å². The van der Waals surface area contributed by atoms with Gasteiger partial charge in [-0.15, -0.1) is 0 Å². The highest BCUT2D eigenvalue weighted by Crippen LogP contribution is 2.25. The molecule has 2 N–H and O–H groups in total. The van der Waals surface area contributed by atoms with E-state index in [2.05, 4.69) is 10.6 Å². The molecule has 0 unspecified atom stereocenters. The van der Waals surface area contributed by atoms with Crippen molar-refractivity contribution in [3.63, 3.8) is 0 Å². The van der Waals surface area contributed by atoms with Crippen LogP contribution in [0.5, 0.6) is 0 Å². The van der Waals surface area contributed by atoms with Gasteiger partial charge in [-0.25, -0.2) is 4.79 Å². The Morgan fingerprint density at radius 2 is 1.74 bits per heavy atom. The molecule has 0 aromatic heterocycles. The standard InChI is InChI=1S/C21H26N2O4/c1-14-8-7-11-18(16(14)3)23-19-10-6-5-9-17(19)21(25)27-13-20(24)22-15(2)12-26-4/h5-11,15,23H,12-13H2,1-4H3,(H,22,24)/t15-/m0/s1. The number of rotatable bonds is 8. The molecule has 2 aromatic rings. The Morgan fingerprint density at radius 1 is 1.04 bits per heavy atom. The highest BCUT2D eigenvalue weighted by molar-refractivity contribution is 5.97. The minimum atomic E-state index is -0.557. The number of amides is 1. The Hall–Kier alpha value is -2.86. The molecule has 0 saturated heterocycles. The zero-order valence-electron chi connectivity index (χ0n) is 16.2. The molecule has 0 heterocycles. The number of nitrogens with one attached hydrogen (secondary N) is 2. The monoisotopic (exact) mass is 370 g/mol. The molecule has 6 nitrogen and oxygen atoms in total. The van der Waals surface area contributed by atoms with Crippen molar-refractivity contribution in [2.24, 2.45) is 0 Å². The van der Waals surface area contributed by atoms with E-state index in [0.29, 0.717) is 17.9 Å². The number of para-hydroxylation sites is 1. The van der Waals surface area contributed by atoms with E-state index in [1.807, 2.05) is 45.0 Å². The van der Waals surface area contributed by atoms with Crippen LogP contribution in [0.1, 0.15) is 28.4 Å². The highest BCUT2D eigenvalue weighted by Gasteiger charge is 2.16. The zero-order chi connectivity index (χ0) is 19.8. The molecule has 2 rings (SSSR count). The van der Waals surface area contributed by atoms with Crippen LogP contribution in [-0.2, 0) is 14.3 Å². The third-order valence-corrected chi connectivity index (χ3v) is 4.18.